The monoisotopic (exact) mass is 303 g/mol. The average Bonchev–Trinajstić information content (AvgIpc) is 2.56. The molecule has 1 aromatic heterocycles. The van der Waals surface area contributed by atoms with Crippen LogP contribution in [0.1, 0.15) is 42.7 Å². The lowest BCUT2D eigenvalue weighted by molar-refractivity contribution is -0.136. The average molecular weight is 303 g/mol. The zero-order chi connectivity index (χ0) is 16.1. The van der Waals surface area contributed by atoms with Gasteiger partial charge in [0, 0.05) is 38.1 Å². The van der Waals surface area contributed by atoms with Gasteiger partial charge in [-0.05, 0) is 45.7 Å². The van der Waals surface area contributed by atoms with E-state index < -0.39 is 0 Å². The van der Waals surface area contributed by atoms with Crippen molar-refractivity contribution < 1.29 is 9.59 Å². The molecule has 0 aromatic carbocycles. The maximum Gasteiger partial charge on any atom is 0.255 e. The number of carbonyl (C=O) groups excluding carboxylic acids is 2. The molecule has 1 aliphatic heterocycles. The summed E-state index contributed by atoms with van der Waals surface area (Å²) in [7, 11) is 0. The fraction of sp³-hybridized carbons (Fsp3) is 0.588. The first-order valence-electron chi connectivity index (χ1n) is 8.07. The third kappa shape index (κ3) is 3.64. The summed E-state index contributed by atoms with van der Waals surface area (Å²) in [4.78, 5) is 32.9. The van der Waals surface area contributed by atoms with Crippen molar-refractivity contribution >= 4 is 11.8 Å². The number of amides is 2. The van der Waals surface area contributed by atoms with E-state index in [9.17, 15) is 9.59 Å². The number of rotatable bonds is 4. The van der Waals surface area contributed by atoms with Gasteiger partial charge in [0.25, 0.3) is 5.91 Å². The Balaban J connectivity index is 2.05. The van der Waals surface area contributed by atoms with Gasteiger partial charge in [-0.1, -0.05) is 0 Å². The molecule has 22 heavy (non-hydrogen) atoms. The Hall–Kier alpha value is -1.91. The number of aromatic nitrogens is 1. The Bertz CT molecular complexity index is 523. The maximum absolute atomic E-state index is 12.5. The van der Waals surface area contributed by atoms with Crippen molar-refractivity contribution in [3.05, 3.63) is 29.6 Å². The van der Waals surface area contributed by atoms with Gasteiger partial charge >= 0.3 is 0 Å². The van der Waals surface area contributed by atoms with Crippen molar-refractivity contribution in [2.75, 3.05) is 26.2 Å². The molecule has 120 valence electrons. The fourth-order valence-electron chi connectivity index (χ4n) is 2.93. The van der Waals surface area contributed by atoms with Crippen LogP contribution in [0.4, 0.5) is 0 Å². The molecule has 0 radical (unpaired) electrons. The molecule has 1 atom stereocenters. The van der Waals surface area contributed by atoms with Crippen LogP contribution < -0.4 is 0 Å². The normalized spacial score (nSPS) is 18.1. The van der Waals surface area contributed by atoms with E-state index in [4.69, 9.17) is 0 Å². The van der Waals surface area contributed by atoms with Gasteiger partial charge < -0.3 is 9.80 Å². The molecule has 0 bridgehead atoms. The number of pyridine rings is 1. The lowest BCUT2D eigenvalue weighted by atomic mass is 9.96. The zero-order valence-corrected chi connectivity index (χ0v) is 13.7. The number of carbonyl (C=O) groups is 2. The first kappa shape index (κ1) is 16.5. The topological polar surface area (TPSA) is 53.5 Å². The van der Waals surface area contributed by atoms with Crippen LogP contribution in [0.15, 0.2) is 18.3 Å². The number of aryl methyl sites for hydroxylation is 1. The van der Waals surface area contributed by atoms with E-state index in [-0.39, 0.29) is 17.7 Å². The summed E-state index contributed by atoms with van der Waals surface area (Å²) >= 11 is 0. The summed E-state index contributed by atoms with van der Waals surface area (Å²) in [6.45, 7) is 8.56. The molecule has 1 unspecified atom stereocenters. The Labute approximate surface area is 132 Å². The summed E-state index contributed by atoms with van der Waals surface area (Å²) in [5, 5.41) is 0. The Kier molecular flexibility index (Phi) is 5.52. The molecule has 2 heterocycles. The van der Waals surface area contributed by atoms with E-state index in [1.54, 1.807) is 17.2 Å². The fourth-order valence-corrected chi connectivity index (χ4v) is 2.93. The lowest BCUT2D eigenvalue weighted by Gasteiger charge is -2.34. The van der Waals surface area contributed by atoms with E-state index in [2.05, 4.69) is 4.98 Å². The Morgan fingerprint density at radius 2 is 2.05 bits per heavy atom. The molecule has 0 saturated carbocycles. The molecular weight excluding hydrogens is 278 g/mol. The van der Waals surface area contributed by atoms with Gasteiger partial charge in [0.15, 0.2) is 0 Å². The zero-order valence-electron chi connectivity index (χ0n) is 13.7. The molecular formula is C17H25N3O2. The second kappa shape index (κ2) is 7.38. The molecule has 1 aliphatic rings. The van der Waals surface area contributed by atoms with Crippen molar-refractivity contribution in [1.29, 1.82) is 0 Å². The quantitative estimate of drug-likeness (QED) is 0.856. The number of piperidine rings is 1. The first-order valence-corrected chi connectivity index (χ1v) is 8.07. The number of hydrogen-bond donors (Lipinski definition) is 0. The van der Waals surface area contributed by atoms with Crippen LogP contribution in [-0.2, 0) is 4.79 Å². The van der Waals surface area contributed by atoms with Crippen LogP contribution in [-0.4, -0.2) is 52.8 Å². The van der Waals surface area contributed by atoms with Crippen molar-refractivity contribution in [1.82, 2.24) is 14.8 Å². The standard InChI is InChI=1S/C17H25N3O2/c1-4-19(5-2)17(22)15-7-6-10-20(12-15)16(21)14-9-8-13(3)18-11-14/h8-9,11,15H,4-7,10,12H2,1-3H3. The molecule has 5 heteroatoms. The van der Waals surface area contributed by atoms with E-state index in [1.807, 2.05) is 31.7 Å². The predicted molar refractivity (Wildman–Crippen MR) is 85.5 cm³/mol. The smallest absolute Gasteiger partial charge is 0.255 e. The van der Waals surface area contributed by atoms with Gasteiger partial charge in [0.05, 0.1) is 11.5 Å². The van der Waals surface area contributed by atoms with Crippen molar-refractivity contribution in [2.24, 2.45) is 5.92 Å². The van der Waals surface area contributed by atoms with Crippen LogP contribution in [0.3, 0.4) is 0 Å². The molecule has 1 saturated heterocycles. The van der Waals surface area contributed by atoms with E-state index in [0.29, 0.717) is 12.1 Å². The van der Waals surface area contributed by atoms with Crippen molar-refractivity contribution in [3.8, 4) is 0 Å². The summed E-state index contributed by atoms with van der Waals surface area (Å²) in [6.07, 6.45) is 3.36. The third-order valence-corrected chi connectivity index (χ3v) is 4.29. The Morgan fingerprint density at radius 1 is 1.32 bits per heavy atom. The third-order valence-electron chi connectivity index (χ3n) is 4.29. The second-order valence-electron chi connectivity index (χ2n) is 5.79. The summed E-state index contributed by atoms with van der Waals surface area (Å²) < 4.78 is 0. The molecule has 1 fully saturated rings. The molecule has 0 aliphatic carbocycles. The first-order chi connectivity index (χ1) is 10.6. The van der Waals surface area contributed by atoms with Gasteiger partial charge in [0.1, 0.15) is 0 Å². The minimum absolute atomic E-state index is 0.0236. The van der Waals surface area contributed by atoms with Crippen LogP contribution >= 0.6 is 0 Å². The highest BCUT2D eigenvalue weighted by Gasteiger charge is 2.30. The number of hydrogen-bond acceptors (Lipinski definition) is 3. The van der Waals surface area contributed by atoms with E-state index in [0.717, 1.165) is 38.2 Å². The summed E-state index contributed by atoms with van der Waals surface area (Å²) in [6, 6.07) is 3.65. The summed E-state index contributed by atoms with van der Waals surface area (Å²) in [5.41, 5.74) is 1.49. The highest BCUT2D eigenvalue weighted by molar-refractivity contribution is 5.94. The minimum atomic E-state index is -0.0731. The van der Waals surface area contributed by atoms with Gasteiger partial charge in [-0.25, -0.2) is 0 Å². The second-order valence-corrected chi connectivity index (χ2v) is 5.79. The Morgan fingerprint density at radius 3 is 2.64 bits per heavy atom. The van der Waals surface area contributed by atoms with Crippen LogP contribution in [0.2, 0.25) is 0 Å². The van der Waals surface area contributed by atoms with Crippen LogP contribution in [0.5, 0.6) is 0 Å². The minimum Gasteiger partial charge on any atom is -0.343 e. The molecule has 2 rings (SSSR count). The van der Waals surface area contributed by atoms with Gasteiger partial charge in [-0.2, -0.15) is 0 Å². The molecule has 5 nitrogen and oxygen atoms in total. The molecule has 0 N–H and O–H groups in total. The highest BCUT2D eigenvalue weighted by Crippen LogP contribution is 2.20. The van der Waals surface area contributed by atoms with Crippen molar-refractivity contribution in [2.45, 2.75) is 33.6 Å². The van der Waals surface area contributed by atoms with Gasteiger partial charge in [-0.3, -0.25) is 14.6 Å². The van der Waals surface area contributed by atoms with E-state index >= 15 is 0 Å². The molecule has 2 amide bonds. The van der Waals surface area contributed by atoms with E-state index in [1.165, 1.54) is 0 Å². The van der Waals surface area contributed by atoms with Gasteiger partial charge in [-0.15, -0.1) is 0 Å². The van der Waals surface area contributed by atoms with Gasteiger partial charge in [0.2, 0.25) is 5.91 Å². The molecule has 1 aromatic rings. The molecule has 0 spiro atoms. The largest absolute Gasteiger partial charge is 0.343 e. The highest BCUT2D eigenvalue weighted by atomic mass is 16.2. The van der Waals surface area contributed by atoms with Crippen molar-refractivity contribution in [3.63, 3.8) is 0 Å². The van der Waals surface area contributed by atoms with Crippen LogP contribution in [0, 0.1) is 12.8 Å². The lowest BCUT2D eigenvalue weighted by Crippen LogP contribution is -2.46. The maximum atomic E-state index is 12.5. The number of likely N-dealkylation sites (tertiary alicyclic amines) is 1. The van der Waals surface area contributed by atoms with Crippen LogP contribution in [0.25, 0.3) is 0 Å². The summed E-state index contributed by atoms with van der Waals surface area (Å²) in [5.74, 6) is 0.0742. The number of nitrogens with zero attached hydrogens (tertiary/aromatic N) is 3. The predicted octanol–water partition coefficient (Wildman–Crippen LogP) is 2.11. The SMILES string of the molecule is CCN(CC)C(=O)C1CCCN(C(=O)c2ccc(C)nc2)C1.